The predicted octanol–water partition coefficient (Wildman–Crippen LogP) is 3.71. The number of halogens is 1. The van der Waals surface area contributed by atoms with Crippen LogP contribution in [0.25, 0.3) is 11.3 Å². The normalized spacial score (nSPS) is 11.9. The quantitative estimate of drug-likeness (QED) is 0.772. The third-order valence-corrected chi connectivity index (χ3v) is 3.66. The van der Waals surface area contributed by atoms with Crippen molar-refractivity contribution in [2.45, 2.75) is 13.0 Å². The summed E-state index contributed by atoms with van der Waals surface area (Å²) in [6.07, 6.45) is 1.51. The Bertz CT molecular complexity index is 797. The number of amides is 1. The van der Waals surface area contributed by atoms with Gasteiger partial charge >= 0.3 is 0 Å². The molecule has 1 atom stereocenters. The molecule has 0 aliphatic heterocycles. The van der Waals surface area contributed by atoms with Crippen molar-refractivity contribution in [3.8, 4) is 11.3 Å². The molecule has 116 valence electrons. The van der Waals surface area contributed by atoms with Crippen molar-refractivity contribution in [3.05, 3.63) is 77.7 Å². The summed E-state index contributed by atoms with van der Waals surface area (Å²) in [6.45, 7) is 1.85. The van der Waals surface area contributed by atoms with Gasteiger partial charge in [0.05, 0.1) is 23.5 Å². The fourth-order valence-corrected chi connectivity index (χ4v) is 2.39. The van der Waals surface area contributed by atoms with Gasteiger partial charge in [-0.25, -0.2) is 4.39 Å². The van der Waals surface area contributed by atoms with Gasteiger partial charge in [0.25, 0.3) is 5.91 Å². The van der Waals surface area contributed by atoms with Crippen molar-refractivity contribution in [2.24, 2.45) is 0 Å². The first-order valence-corrected chi connectivity index (χ1v) is 7.30. The van der Waals surface area contributed by atoms with Crippen LogP contribution in [0.2, 0.25) is 0 Å². The maximum Gasteiger partial charge on any atom is 0.255 e. The van der Waals surface area contributed by atoms with Gasteiger partial charge in [0.1, 0.15) is 5.82 Å². The molecule has 3 rings (SSSR count). The lowest BCUT2D eigenvalue weighted by atomic mass is 10.1. The average Bonchev–Trinajstić information content (AvgIpc) is 3.06. The molecule has 0 aliphatic rings. The fraction of sp³-hybridized carbons (Fsp3) is 0.111. The minimum absolute atomic E-state index is 0.227. The number of hydrogen-bond acceptors (Lipinski definition) is 2. The summed E-state index contributed by atoms with van der Waals surface area (Å²) < 4.78 is 13.0. The minimum Gasteiger partial charge on any atom is -0.345 e. The SMILES string of the molecule is CC(NC(=O)c1cn[nH]c1-c1ccccc1)c1ccc(F)cc1. The second-order valence-corrected chi connectivity index (χ2v) is 5.27. The van der Waals surface area contributed by atoms with Crippen molar-refractivity contribution in [1.82, 2.24) is 15.5 Å². The van der Waals surface area contributed by atoms with Crippen LogP contribution < -0.4 is 5.32 Å². The van der Waals surface area contributed by atoms with Crippen molar-refractivity contribution >= 4 is 5.91 Å². The molecule has 1 unspecified atom stereocenters. The molecule has 0 saturated carbocycles. The van der Waals surface area contributed by atoms with E-state index in [1.807, 2.05) is 37.3 Å². The zero-order chi connectivity index (χ0) is 16.2. The molecule has 3 aromatic rings. The standard InChI is InChI=1S/C18H16FN3O/c1-12(13-7-9-15(19)10-8-13)21-18(23)16-11-20-22-17(16)14-5-3-2-4-6-14/h2-12H,1H3,(H,20,22)(H,21,23). The first-order valence-electron chi connectivity index (χ1n) is 7.30. The van der Waals surface area contributed by atoms with Crippen LogP contribution in [0.15, 0.2) is 60.8 Å². The highest BCUT2D eigenvalue weighted by molar-refractivity contribution is 5.99. The van der Waals surface area contributed by atoms with Gasteiger partial charge in [-0.15, -0.1) is 0 Å². The minimum atomic E-state index is -0.298. The molecular weight excluding hydrogens is 293 g/mol. The van der Waals surface area contributed by atoms with Crippen LogP contribution in [0, 0.1) is 5.82 Å². The maximum absolute atomic E-state index is 13.0. The second-order valence-electron chi connectivity index (χ2n) is 5.27. The molecule has 0 bridgehead atoms. The van der Waals surface area contributed by atoms with Gasteiger partial charge in [0, 0.05) is 5.56 Å². The van der Waals surface area contributed by atoms with E-state index in [9.17, 15) is 9.18 Å². The van der Waals surface area contributed by atoms with E-state index in [0.717, 1.165) is 11.1 Å². The van der Waals surface area contributed by atoms with Gasteiger partial charge in [0.2, 0.25) is 0 Å². The molecule has 1 heterocycles. The molecule has 1 amide bonds. The Morgan fingerprint density at radius 1 is 1.13 bits per heavy atom. The van der Waals surface area contributed by atoms with E-state index in [-0.39, 0.29) is 17.8 Å². The summed E-state index contributed by atoms with van der Waals surface area (Å²) in [6, 6.07) is 15.4. The van der Waals surface area contributed by atoms with Crippen LogP contribution in [-0.4, -0.2) is 16.1 Å². The number of aromatic nitrogens is 2. The summed E-state index contributed by atoms with van der Waals surface area (Å²) in [5, 5.41) is 9.75. The van der Waals surface area contributed by atoms with Gasteiger partial charge in [-0.3, -0.25) is 9.89 Å². The highest BCUT2D eigenvalue weighted by Crippen LogP contribution is 2.21. The highest BCUT2D eigenvalue weighted by Gasteiger charge is 2.17. The largest absolute Gasteiger partial charge is 0.345 e. The van der Waals surface area contributed by atoms with Gasteiger partial charge in [-0.1, -0.05) is 42.5 Å². The number of carbonyl (C=O) groups excluding carboxylic acids is 1. The molecule has 2 N–H and O–H groups in total. The molecule has 4 nitrogen and oxygen atoms in total. The monoisotopic (exact) mass is 309 g/mol. The van der Waals surface area contributed by atoms with Crippen LogP contribution in [0.4, 0.5) is 4.39 Å². The molecule has 23 heavy (non-hydrogen) atoms. The second kappa shape index (κ2) is 6.44. The number of carbonyl (C=O) groups is 1. The van der Waals surface area contributed by atoms with Crippen molar-refractivity contribution in [3.63, 3.8) is 0 Å². The highest BCUT2D eigenvalue weighted by atomic mass is 19.1. The van der Waals surface area contributed by atoms with E-state index in [2.05, 4.69) is 15.5 Å². The van der Waals surface area contributed by atoms with Gasteiger partial charge in [0.15, 0.2) is 0 Å². The maximum atomic E-state index is 13.0. The number of nitrogens with zero attached hydrogens (tertiary/aromatic N) is 1. The van der Waals surface area contributed by atoms with E-state index in [1.54, 1.807) is 12.1 Å². The van der Waals surface area contributed by atoms with Gasteiger partial charge in [-0.2, -0.15) is 5.10 Å². The van der Waals surface area contributed by atoms with E-state index >= 15 is 0 Å². The summed E-state index contributed by atoms with van der Waals surface area (Å²) in [4.78, 5) is 12.5. The Balaban J connectivity index is 1.79. The molecule has 5 heteroatoms. The van der Waals surface area contributed by atoms with Crippen LogP contribution in [0.3, 0.4) is 0 Å². The predicted molar refractivity (Wildman–Crippen MR) is 86.3 cm³/mol. The molecule has 2 aromatic carbocycles. The first-order chi connectivity index (χ1) is 11.1. The zero-order valence-corrected chi connectivity index (χ0v) is 12.6. The van der Waals surface area contributed by atoms with E-state index in [4.69, 9.17) is 0 Å². The molecular formula is C18H16FN3O. The summed E-state index contributed by atoms with van der Waals surface area (Å²) in [5.41, 5.74) is 2.88. The lowest BCUT2D eigenvalue weighted by molar-refractivity contribution is 0.0940. The number of benzene rings is 2. The Kier molecular flexibility index (Phi) is 4.19. The Labute approximate surface area is 133 Å². The molecule has 0 spiro atoms. The Hall–Kier alpha value is -2.95. The average molecular weight is 309 g/mol. The molecule has 0 fully saturated rings. The smallest absolute Gasteiger partial charge is 0.255 e. The Morgan fingerprint density at radius 3 is 2.52 bits per heavy atom. The summed E-state index contributed by atoms with van der Waals surface area (Å²) in [7, 11) is 0. The van der Waals surface area contributed by atoms with Crippen LogP contribution in [0.1, 0.15) is 28.9 Å². The fourth-order valence-electron chi connectivity index (χ4n) is 2.39. The van der Waals surface area contributed by atoms with Crippen LogP contribution >= 0.6 is 0 Å². The van der Waals surface area contributed by atoms with Gasteiger partial charge < -0.3 is 5.32 Å². The molecule has 0 saturated heterocycles. The third kappa shape index (κ3) is 3.29. The van der Waals surface area contributed by atoms with Crippen molar-refractivity contribution in [1.29, 1.82) is 0 Å². The lowest BCUT2D eigenvalue weighted by Gasteiger charge is -2.14. The van der Waals surface area contributed by atoms with E-state index in [0.29, 0.717) is 11.3 Å². The number of rotatable bonds is 4. The zero-order valence-electron chi connectivity index (χ0n) is 12.6. The van der Waals surface area contributed by atoms with Crippen molar-refractivity contribution < 1.29 is 9.18 Å². The first kappa shape index (κ1) is 15.0. The number of hydrogen-bond donors (Lipinski definition) is 2. The van der Waals surface area contributed by atoms with Crippen molar-refractivity contribution in [2.75, 3.05) is 0 Å². The van der Waals surface area contributed by atoms with Gasteiger partial charge in [-0.05, 0) is 24.6 Å². The summed E-state index contributed by atoms with van der Waals surface area (Å²) in [5.74, 6) is -0.525. The Morgan fingerprint density at radius 2 is 1.83 bits per heavy atom. The lowest BCUT2D eigenvalue weighted by Crippen LogP contribution is -2.26. The molecule has 0 radical (unpaired) electrons. The molecule has 1 aromatic heterocycles. The molecule has 0 aliphatic carbocycles. The third-order valence-electron chi connectivity index (χ3n) is 3.66. The topological polar surface area (TPSA) is 57.8 Å². The number of aromatic amines is 1. The number of H-pyrrole nitrogens is 1. The van der Waals surface area contributed by atoms with E-state index < -0.39 is 0 Å². The van der Waals surface area contributed by atoms with E-state index in [1.165, 1.54) is 18.3 Å². The van der Waals surface area contributed by atoms with Crippen LogP contribution in [0.5, 0.6) is 0 Å². The summed E-state index contributed by atoms with van der Waals surface area (Å²) >= 11 is 0. The van der Waals surface area contributed by atoms with Crippen LogP contribution in [-0.2, 0) is 0 Å². The number of nitrogens with one attached hydrogen (secondary N) is 2.